The number of aromatic amines is 1. The molecule has 1 aliphatic carbocycles. The zero-order chi connectivity index (χ0) is 13.5. The summed E-state index contributed by atoms with van der Waals surface area (Å²) in [6.07, 6.45) is 6.42. The highest BCUT2D eigenvalue weighted by Gasteiger charge is 2.36. The summed E-state index contributed by atoms with van der Waals surface area (Å²) in [5, 5.41) is 9.83. The Kier molecular flexibility index (Phi) is 3.03. The maximum absolute atomic E-state index is 9.66. The van der Waals surface area contributed by atoms with Crippen LogP contribution in [-0.2, 0) is 5.54 Å². The maximum Gasteiger partial charge on any atom is 0.224 e. The van der Waals surface area contributed by atoms with Gasteiger partial charge in [0, 0.05) is 0 Å². The third-order valence-corrected chi connectivity index (χ3v) is 4.18. The van der Waals surface area contributed by atoms with Crippen LogP contribution < -0.4 is 0 Å². The van der Waals surface area contributed by atoms with Crippen LogP contribution in [0.3, 0.4) is 0 Å². The van der Waals surface area contributed by atoms with E-state index in [1.165, 1.54) is 0 Å². The fourth-order valence-electron chi connectivity index (χ4n) is 2.80. The quantitative estimate of drug-likeness (QED) is 0.647. The van der Waals surface area contributed by atoms with Crippen molar-refractivity contribution >= 4 is 35.0 Å². The smallest absolute Gasteiger partial charge is 0.224 e. The Hall–Kier alpha value is -1.45. The number of imidazole rings is 1. The van der Waals surface area contributed by atoms with Gasteiger partial charge >= 0.3 is 0 Å². The first kappa shape index (κ1) is 12.6. The molecule has 1 aliphatic rings. The number of nitrogens with one attached hydrogen (secondary N) is 1. The van der Waals surface area contributed by atoms with Crippen LogP contribution in [0.15, 0.2) is 6.20 Å². The molecule has 98 valence electrons. The first-order valence-electron chi connectivity index (χ1n) is 6.21. The van der Waals surface area contributed by atoms with Gasteiger partial charge in [0.1, 0.15) is 11.1 Å². The second-order valence-corrected chi connectivity index (χ2v) is 5.57. The molecule has 1 fully saturated rings. The minimum absolute atomic E-state index is 0.166. The van der Waals surface area contributed by atoms with E-state index >= 15 is 0 Å². The van der Waals surface area contributed by atoms with Gasteiger partial charge in [-0.15, -0.1) is 0 Å². The zero-order valence-electron chi connectivity index (χ0n) is 10.2. The minimum atomic E-state index is -0.606. The van der Waals surface area contributed by atoms with E-state index in [0.717, 1.165) is 37.6 Å². The highest BCUT2D eigenvalue weighted by Crippen LogP contribution is 2.36. The number of halogens is 1. The van der Waals surface area contributed by atoms with Crippen LogP contribution in [0.1, 0.15) is 32.1 Å². The van der Waals surface area contributed by atoms with Crippen molar-refractivity contribution in [3.63, 3.8) is 0 Å². The van der Waals surface area contributed by atoms with Gasteiger partial charge in [-0.3, -0.25) is 4.57 Å². The zero-order valence-corrected chi connectivity index (χ0v) is 11.8. The SMILES string of the molecule is N#CC1(n2c(=S)[nH]c3cnc(Cl)nc32)CCCCC1. The fourth-order valence-corrected chi connectivity index (χ4v) is 3.30. The molecule has 0 amide bonds. The Bertz CT molecular complexity index is 720. The third-order valence-electron chi connectivity index (χ3n) is 3.71. The van der Waals surface area contributed by atoms with Crippen molar-refractivity contribution in [3.8, 4) is 6.07 Å². The number of nitriles is 1. The monoisotopic (exact) mass is 293 g/mol. The van der Waals surface area contributed by atoms with Crippen molar-refractivity contribution in [3.05, 3.63) is 16.3 Å². The van der Waals surface area contributed by atoms with Gasteiger partial charge in [0.05, 0.1) is 12.3 Å². The Morgan fingerprint density at radius 1 is 1.42 bits per heavy atom. The second kappa shape index (κ2) is 4.58. The van der Waals surface area contributed by atoms with Gasteiger partial charge in [-0.2, -0.15) is 10.2 Å². The molecule has 19 heavy (non-hydrogen) atoms. The van der Waals surface area contributed by atoms with Crippen LogP contribution in [0.25, 0.3) is 11.2 Å². The lowest BCUT2D eigenvalue weighted by molar-refractivity contribution is 0.269. The van der Waals surface area contributed by atoms with Crippen LogP contribution >= 0.6 is 23.8 Å². The summed E-state index contributed by atoms with van der Waals surface area (Å²) in [4.78, 5) is 11.2. The molecule has 0 unspecified atom stereocenters. The lowest BCUT2D eigenvalue weighted by Gasteiger charge is -2.32. The normalized spacial score (nSPS) is 18.3. The predicted molar refractivity (Wildman–Crippen MR) is 74.4 cm³/mol. The molecule has 3 rings (SSSR count). The third kappa shape index (κ3) is 1.94. The van der Waals surface area contributed by atoms with Gasteiger partial charge in [0.25, 0.3) is 0 Å². The number of nitrogens with zero attached hydrogens (tertiary/aromatic N) is 4. The van der Waals surface area contributed by atoms with Gasteiger partial charge in [0.15, 0.2) is 10.4 Å². The standard InChI is InChI=1S/C12H12ClN5S/c13-10-15-6-8-9(17-10)18(11(19)16-8)12(7-14)4-2-1-3-5-12/h6H,1-5H2,(H,16,19). The molecule has 0 saturated heterocycles. The number of aromatic nitrogens is 4. The van der Waals surface area contributed by atoms with Crippen molar-refractivity contribution in [2.45, 2.75) is 37.6 Å². The van der Waals surface area contributed by atoms with Crippen LogP contribution in [0.5, 0.6) is 0 Å². The summed E-state index contributed by atoms with van der Waals surface area (Å²) in [6, 6.07) is 2.45. The van der Waals surface area contributed by atoms with Gasteiger partial charge in [-0.05, 0) is 36.7 Å². The summed E-state index contributed by atoms with van der Waals surface area (Å²) in [6.45, 7) is 0. The Morgan fingerprint density at radius 3 is 2.84 bits per heavy atom. The molecule has 0 spiro atoms. The van der Waals surface area contributed by atoms with Crippen molar-refractivity contribution < 1.29 is 0 Å². The number of hydrogen-bond donors (Lipinski definition) is 1. The van der Waals surface area contributed by atoms with Gasteiger partial charge < -0.3 is 4.98 Å². The Labute approximate surface area is 120 Å². The Balaban J connectivity index is 2.29. The van der Waals surface area contributed by atoms with Crippen molar-refractivity contribution in [2.24, 2.45) is 0 Å². The summed E-state index contributed by atoms with van der Waals surface area (Å²) < 4.78 is 2.33. The van der Waals surface area contributed by atoms with Crippen molar-refractivity contribution in [1.82, 2.24) is 19.5 Å². The molecular weight excluding hydrogens is 282 g/mol. The van der Waals surface area contributed by atoms with Crippen molar-refractivity contribution in [1.29, 1.82) is 5.26 Å². The summed E-state index contributed by atoms with van der Waals surface area (Å²) in [5.41, 5.74) is 0.730. The lowest BCUT2D eigenvalue weighted by atomic mass is 9.82. The van der Waals surface area contributed by atoms with Crippen LogP contribution in [-0.4, -0.2) is 19.5 Å². The van der Waals surface area contributed by atoms with E-state index in [9.17, 15) is 5.26 Å². The first-order valence-corrected chi connectivity index (χ1v) is 7.00. The van der Waals surface area contributed by atoms with E-state index in [-0.39, 0.29) is 5.28 Å². The fraction of sp³-hybridized carbons (Fsp3) is 0.500. The number of hydrogen-bond acceptors (Lipinski definition) is 4. The van der Waals surface area contributed by atoms with Gasteiger partial charge in [-0.25, -0.2) is 4.98 Å². The van der Waals surface area contributed by atoms with Gasteiger partial charge in [-0.1, -0.05) is 19.3 Å². The summed E-state index contributed by atoms with van der Waals surface area (Å²) in [5.74, 6) is 0. The molecule has 1 saturated carbocycles. The van der Waals surface area contributed by atoms with Crippen molar-refractivity contribution in [2.75, 3.05) is 0 Å². The highest BCUT2D eigenvalue weighted by molar-refractivity contribution is 7.71. The largest absolute Gasteiger partial charge is 0.328 e. The Morgan fingerprint density at radius 2 is 2.16 bits per heavy atom. The van der Waals surface area contributed by atoms with E-state index in [1.807, 2.05) is 4.57 Å². The molecule has 0 aromatic carbocycles. The molecule has 7 heteroatoms. The van der Waals surface area contributed by atoms with Crippen LogP contribution in [0.4, 0.5) is 0 Å². The van der Waals surface area contributed by atoms with Crippen LogP contribution in [0, 0.1) is 16.1 Å². The van der Waals surface area contributed by atoms with E-state index < -0.39 is 5.54 Å². The number of rotatable bonds is 1. The topological polar surface area (TPSA) is 70.3 Å². The second-order valence-electron chi connectivity index (χ2n) is 4.85. The number of H-pyrrole nitrogens is 1. The summed E-state index contributed by atoms with van der Waals surface area (Å²) >= 11 is 11.2. The minimum Gasteiger partial charge on any atom is -0.328 e. The molecule has 2 aromatic heterocycles. The van der Waals surface area contributed by atoms with Crippen LogP contribution in [0.2, 0.25) is 5.28 Å². The van der Waals surface area contributed by atoms with E-state index in [2.05, 4.69) is 21.0 Å². The molecule has 0 atom stereocenters. The molecule has 2 heterocycles. The maximum atomic E-state index is 9.66. The molecule has 2 aromatic rings. The molecule has 1 N–H and O–H groups in total. The van der Waals surface area contributed by atoms with Gasteiger partial charge in [0.2, 0.25) is 5.28 Å². The molecule has 5 nitrogen and oxygen atoms in total. The predicted octanol–water partition coefficient (Wildman–Crippen LogP) is 3.33. The molecular formula is C12H12ClN5S. The lowest BCUT2D eigenvalue weighted by Crippen LogP contribution is -2.34. The molecule has 0 aliphatic heterocycles. The average Bonchev–Trinajstić information content (AvgIpc) is 2.75. The summed E-state index contributed by atoms with van der Waals surface area (Å²) in [7, 11) is 0. The van der Waals surface area contributed by atoms with E-state index in [4.69, 9.17) is 23.8 Å². The highest BCUT2D eigenvalue weighted by atomic mass is 35.5. The van der Waals surface area contributed by atoms with E-state index in [1.54, 1.807) is 6.20 Å². The number of fused-ring (bicyclic) bond motifs is 1. The average molecular weight is 294 g/mol. The molecule has 0 radical (unpaired) electrons. The first-order chi connectivity index (χ1) is 9.16. The molecule has 0 bridgehead atoms. The van der Waals surface area contributed by atoms with E-state index in [0.29, 0.717) is 10.4 Å².